The third-order valence-electron chi connectivity index (χ3n) is 5.13. The highest BCUT2D eigenvalue weighted by atomic mass is 32.2. The van der Waals surface area contributed by atoms with Crippen molar-refractivity contribution < 1.29 is 22.7 Å². The number of nitrogens with one attached hydrogen (secondary N) is 1. The number of carbonyl (C=O) groups is 2. The Bertz CT molecular complexity index is 991. The fourth-order valence-electron chi connectivity index (χ4n) is 3.32. The first kappa shape index (κ1) is 23.1. The summed E-state index contributed by atoms with van der Waals surface area (Å²) >= 11 is 1.17. The van der Waals surface area contributed by atoms with Crippen LogP contribution in [0.5, 0.6) is 5.75 Å². The van der Waals surface area contributed by atoms with Crippen LogP contribution in [0.2, 0.25) is 0 Å². The molecule has 0 saturated carbocycles. The molecule has 1 aliphatic heterocycles. The number of carbonyl (C=O) groups excluding carboxylic acids is 2. The first-order valence-corrected chi connectivity index (χ1v) is 12.5. The molecule has 1 aromatic heterocycles. The molecule has 0 radical (unpaired) electrons. The van der Waals surface area contributed by atoms with E-state index < -0.39 is 10.0 Å². The number of hydrogen-bond acceptors (Lipinski definition) is 6. The Hall–Kier alpha value is -2.59. The Morgan fingerprint density at radius 2 is 2.00 bits per heavy atom. The summed E-state index contributed by atoms with van der Waals surface area (Å²) in [6.45, 7) is 2.82. The van der Waals surface area contributed by atoms with E-state index >= 15 is 0 Å². The minimum atomic E-state index is -3.60. The summed E-state index contributed by atoms with van der Waals surface area (Å²) in [5.74, 6) is 0.325. The Morgan fingerprint density at radius 1 is 1.26 bits per heavy atom. The van der Waals surface area contributed by atoms with Crippen molar-refractivity contribution in [3.8, 4) is 5.75 Å². The van der Waals surface area contributed by atoms with E-state index in [0.717, 1.165) is 12.8 Å². The van der Waals surface area contributed by atoms with Crippen LogP contribution < -0.4 is 14.4 Å². The minimum Gasteiger partial charge on any atom is -0.484 e. The first-order chi connectivity index (χ1) is 14.8. The summed E-state index contributed by atoms with van der Waals surface area (Å²) in [5, 5.41) is 4.66. The Kier molecular flexibility index (Phi) is 7.55. The van der Waals surface area contributed by atoms with Gasteiger partial charge in [-0.05, 0) is 48.6 Å². The lowest BCUT2D eigenvalue weighted by atomic mass is 10.1. The molecular formula is C21H27N3O5S2. The van der Waals surface area contributed by atoms with Crippen LogP contribution in [0, 0.1) is 0 Å². The van der Waals surface area contributed by atoms with Crippen molar-refractivity contribution in [2.45, 2.75) is 36.4 Å². The maximum absolute atomic E-state index is 12.6. The van der Waals surface area contributed by atoms with Crippen molar-refractivity contribution in [1.29, 1.82) is 0 Å². The summed E-state index contributed by atoms with van der Waals surface area (Å²) in [7, 11) is -2.10. The van der Waals surface area contributed by atoms with Crippen molar-refractivity contribution in [3.63, 3.8) is 0 Å². The number of amides is 2. The molecule has 10 heteroatoms. The van der Waals surface area contributed by atoms with Gasteiger partial charge in [-0.15, -0.1) is 11.3 Å². The third-order valence-corrected chi connectivity index (χ3v) is 8.29. The van der Waals surface area contributed by atoms with E-state index in [-0.39, 0.29) is 28.7 Å². The smallest absolute Gasteiger partial charge is 0.273 e. The number of ether oxygens (including phenoxy) is 1. The van der Waals surface area contributed by atoms with Gasteiger partial charge in [-0.1, -0.05) is 13.0 Å². The van der Waals surface area contributed by atoms with Gasteiger partial charge in [-0.2, -0.15) is 0 Å². The molecule has 31 heavy (non-hydrogen) atoms. The predicted molar refractivity (Wildman–Crippen MR) is 120 cm³/mol. The Morgan fingerprint density at radius 3 is 2.65 bits per heavy atom. The zero-order chi connectivity index (χ0) is 22.4. The molecule has 0 bridgehead atoms. The van der Waals surface area contributed by atoms with Crippen LogP contribution >= 0.6 is 11.3 Å². The van der Waals surface area contributed by atoms with Crippen molar-refractivity contribution >= 4 is 38.9 Å². The van der Waals surface area contributed by atoms with E-state index in [2.05, 4.69) is 5.32 Å². The molecule has 0 aliphatic carbocycles. The van der Waals surface area contributed by atoms with Crippen LogP contribution in [-0.4, -0.2) is 57.9 Å². The van der Waals surface area contributed by atoms with Crippen molar-refractivity contribution in [3.05, 3.63) is 41.8 Å². The second-order valence-corrected chi connectivity index (χ2v) is 10.4. The summed E-state index contributed by atoms with van der Waals surface area (Å²) in [4.78, 5) is 25.8. The number of piperidine rings is 1. The zero-order valence-electron chi connectivity index (χ0n) is 17.6. The van der Waals surface area contributed by atoms with E-state index in [1.165, 1.54) is 22.7 Å². The molecule has 1 unspecified atom stereocenters. The van der Waals surface area contributed by atoms with Crippen molar-refractivity contribution in [2.24, 2.45) is 0 Å². The molecule has 1 N–H and O–H groups in total. The topological polar surface area (TPSA) is 96.0 Å². The van der Waals surface area contributed by atoms with Gasteiger partial charge in [0.25, 0.3) is 15.9 Å². The second-order valence-electron chi connectivity index (χ2n) is 7.29. The Balaban J connectivity index is 1.54. The molecule has 2 amide bonds. The maximum Gasteiger partial charge on any atom is 0.273 e. The second kappa shape index (κ2) is 10.1. The van der Waals surface area contributed by atoms with E-state index in [0.29, 0.717) is 30.9 Å². The molecule has 2 aromatic rings. The van der Waals surface area contributed by atoms with Gasteiger partial charge < -0.3 is 15.0 Å². The fourth-order valence-corrected chi connectivity index (χ4v) is 5.68. The number of hydrogen-bond donors (Lipinski definition) is 1. The quantitative estimate of drug-likeness (QED) is 0.646. The lowest BCUT2D eigenvalue weighted by Crippen LogP contribution is -2.50. The highest BCUT2D eigenvalue weighted by molar-refractivity contribution is 7.94. The van der Waals surface area contributed by atoms with Gasteiger partial charge in [0.1, 0.15) is 9.96 Å². The molecule has 3 rings (SSSR count). The number of rotatable bonds is 8. The van der Waals surface area contributed by atoms with Crippen LogP contribution in [0.1, 0.15) is 26.2 Å². The zero-order valence-corrected chi connectivity index (χ0v) is 19.2. The van der Waals surface area contributed by atoms with Crippen LogP contribution in [0.25, 0.3) is 0 Å². The third kappa shape index (κ3) is 5.76. The molecular weight excluding hydrogens is 438 g/mol. The van der Waals surface area contributed by atoms with Gasteiger partial charge in [0.05, 0.1) is 5.69 Å². The van der Waals surface area contributed by atoms with E-state index in [1.807, 2.05) is 0 Å². The van der Waals surface area contributed by atoms with Crippen molar-refractivity contribution in [2.75, 3.05) is 31.0 Å². The number of likely N-dealkylation sites (tertiary alicyclic amines) is 1. The summed E-state index contributed by atoms with van der Waals surface area (Å²) in [5.41, 5.74) is 0.498. The summed E-state index contributed by atoms with van der Waals surface area (Å²) < 4.78 is 32.3. The molecule has 1 atom stereocenters. The first-order valence-electron chi connectivity index (χ1n) is 10.1. The van der Waals surface area contributed by atoms with Gasteiger partial charge in [0, 0.05) is 32.6 Å². The van der Waals surface area contributed by atoms with Crippen LogP contribution in [-0.2, 0) is 19.6 Å². The highest BCUT2D eigenvalue weighted by Gasteiger charge is 2.25. The van der Waals surface area contributed by atoms with Gasteiger partial charge in [-0.25, -0.2) is 8.42 Å². The molecule has 1 aliphatic rings. The van der Waals surface area contributed by atoms with E-state index in [9.17, 15) is 18.0 Å². The van der Waals surface area contributed by atoms with Crippen LogP contribution in [0.15, 0.2) is 46.0 Å². The van der Waals surface area contributed by atoms with Crippen LogP contribution in [0.3, 0.4) is 0 Å². The van der Waals surface area contributed by atoms with Crippen molar-refractivity contribution in [1.82, 2.24) is 10.2 Å². The lowest BCUT2D eigenvalue weighted by Gasteiger charge is -2.33. The fraction of sp³-hybridized carbons (Fsp3) is 0.429. The molecule has 8 nitrogen and oxygen atoms in total. The Labute approximate surface area is 186 Å². The van der Waals surface area contributed by atoms with Gasteiger partial charge in [-0.3, -0.25) is 13.9 Å². The average molecular weight is 466 g/mol. The predicted octanol–water partition coefficient (Wildman–Crippen LogP) is 2.47. The largest absolute Gasteiger partial charge is 0.484 e. The lowest BCUT2D eigenvalue weighted by molar-refractivity contribution is -0.135. The molecule has 2 heterocycles. The van der Waals surface area contributed by atoms with Gasteiger partial charge >= 0.3 is 0 Å². The normalized spacial score (nSPS) is 16.6. The minimum absolute atomic E-state index is 0.0123. The molecule has 1 aromatic carbocycles. The summed E-state index contributed by atoms with van der Waals surface area (Å²) in [6.07, 6.45) is 2.12. The van der Waals surface area contributed by atoms with E-state index in [1.54, 1.807) is 53.6 Å². The molecule has 1 fully saturated rings. The van der Waals surface area contributed by atoms with E-state index in [4.69, 9.17) is 4.74 Å². The van der Waals surface area contributed by atoms with Crippen LogP contribution in [0.4, 0.5) is 5.69 Å². The SMILES string of the molecule is CCC(=O)NC1CCCN(C(=O)COc2ccc(N(C)S(=O)(=O)c3cccs3)cc2)C1. The van der Waals surface area contributed by atoms with Gasteiger partial charge in [0.2, 0.25) is 5.91 Å². The number of nitrogens with zero attached hydrogens (tertiary/aromatic N) is 2. The number of anilines is 1. The average Bonchev–Trinajstić information content (AvgIpc) is 3.33. The number of thiophene rings is 1. The standard InChI is InChI=1S/C21H27N3O5S2/c1-3-19(25)22-16-6-4-12-24(14-16)20(26)15-29-18-10-8-17(9-11-18)23(2)31(27,28)21-7-5-13-30-21/h5,7-11,13,16H,3-4,6,12,14-15H2,1-2H3,(H,22,25). The van der Waals surface area contributed by atoms with Gasteiger partial charge in [0.15, 0.2) is 6.61 Å². The molecule has 1 saturated heterocycles. The number of benzene rings is 1. The molecule has 0 spiro atoms. The maximum atomic E-state index is 12.6. The number of sulfonamides is 1. The highest BCUT2D eigenvalue weighted by Crippen LogP contribution is 2.26. The monoisotopic (exact) mass is 465 g/mol. The summed E-state index contributed by atoms with van der Waals surface area (Å²) in [6, 6.07) is 9.81. The molecule has 168 valence electrons.